The fourth-order valence-electron chi connectivity index (χ4n) is 4.19. The number of aliphatic carboxylic acids is 1. The Hall–Kier alpha value is -1.88. The first-order valence-electron chi connectivity index (χ1n) is 8.62. The third-order valence-electron chi connectivity index (χ3n) is 5.66. The molecule has 1 amide bonds. The van der Waals surface area contributed by atoms with Crippen LogP contribution in [-0.2, 0) is 20.7 Å². The zero-order valence-electron chi connectivity index (χ0n) is 14.2. The standard InChI is InChI=1S/C19H25NO4/c1-24-14-19(17(22)23)11-6-12-20(19)16(21)18(9-5-10-18)13-15-7-3-2-4-8-15/h2-4,7-8H,5-6,9-14H2,1H3,(H,22,23). The first-order chi connectivity index (χ1) is 11.5. The minimum atomic E-state index is -1.20. The van der Waals surface area contributed by atoms with Crippen LogP contribution in [0, 0.1) is 5.41 Å². The summed E-state index contributed by atoms with van der Waals surface area (Å²) in [7, 11) is 1.49. The van der Waals surface area contributed by atoms with Crippen LogP contribution >= 0.6 is 0 Å². The van der Waals surface area contributed by atoms with Crippen LogP contribution in [0.1, 0.15) is 37.7 Å². The van der Waals surface area contributed by atoms with Gasteiger partial charge in [-0.25, -0.2) is 4.79 Å². The second-order valence-corrected chi connectivity index (χ2v) is 7.13. The summed E-state index contributed by atoms with van der Waals surface area (Å²) in [5, 5.41) is 9.79. The van der Waals surface area contributed by atoms with E-state index < -0.39 is 16.9 Å². The molecular formula is C19H25NO4. The minimum Gasteiger partial charge on any atom is -0.479 e. The molecular weight excluding hydrogens is 306 g/mol. The molecule has 1 aromatic rings. The van der Waals surface area contributed by atoms with Gasteiger partial charge in [-0.2, -0.15) is 0 Å². The van der Waals surface area contributed by atoms with Gasteiger partial charge in [0.05, 0.1) is 12.0 Å². The van der Waals surface area contributed by atoms with Crippen LogP contribution in [0.4, 0.5) is 0 Å². The summed E-state index contributed by atoms with van der Waals surface area (Å²) in [5.74, 6) is -0.959. The van der Waals surface area contributed by atoms with Crippen molar-refractivity contribution >= 4 is 11.9 Å². The van der Waals surface area contributed by atoms with E-state index >= 15 is 0 Å². The number of benzene rings is 1. The van der Waals surface area contributed by atoms with Crippen molar-refractivity contribution < 1.29 is 19.4 Å². The van der Waals surface area contributed by atoms with Gasteiger partial charge >= 0.3 is 5.97 Å². The van der Waals surface area contributed by atoms with E-state index in [1.807, 2.05) is 30.3 Å². The minimum absolute atomic E-state index is 0.00504. The van der Waals surface area contributed by atoms with Crippen molar-refractivity contribution in [1.29, 1.82) is 0 Å². The number of ether oxygens (including phenoxy) is 1. The highest BCUT2D eigenvalue weighted by molar-refractivity contribution is 5.91. The number of rotatable bonds is 6. The van der Waals surface area contributed by atoms with E-state index in [-0.39, 0.29) is 12.5 Å². The molecule has 0 spiro atoms. The molecule has 0 aromatic heterocycles. The maximum Gasteiger partial charge on any atom is 0.332 e. The maximum absolute atomic E-state index is 13.4. The Balaban J connectivity index is 1.86. The Kier molecular flexibility index (Phi) is 4.63. The van der Waals surface area contributed by atoms with Crippen LogP contribution in [0.2, 0.25) is 0 Å². The van der Waals surface area contributed by atoms with Gasteiger partial charge in [0, 0.05) is 13.7 Å². The average molecular weight is 331 g/mol. The SMILES string of the molecule is COCC1(C(=O)O)CCCN1C(=O)C1(Cc2ccccc2)CCC1. The number of hydrogen-bond donors (Lipinski definition) is 1. The van der Waals surface area contributed by atoms with E-state index in [1.165, 1.54) is 7.11 Å². The number of hydrogen-bond acceptors (Lipinski definition) is 3. The van der Waals surface area contributed by atoms with Gasteiger partial charge in [0.2, 0.25) is 5.91 Å². The van der Waals surface area contributed by atoms with Gasteiger partial charge in [0.25, 0.3) is 0 Å². The number of carbonyl (C=O) groups excluding carboxylic acids is 1. The van der Waals surface area contributed by atoms with E-state index in [4.69, 9.17) is 4.74 Å². The van der Waals surface area contributed by atoms with Crippen molar-refractivity contribution in [2.45, 2.75) is 44.1 Å². The van der Waals surface area contributed by atoms with Gasteiger partial charge in [-0.3, -0.25) is 4.79 Å². The zero-order valence-corrected chi connectivity index (χ0v) is 14.2. The van der Waals surface area contributed by atoms with Crippen molar-refractivity contribution in [1.82, 2.24) is 4.90 Å². The fourth-order valence-corrected chi connectivity index (χ4v) is 4.19. The Morgan fingerprint density at radius 2 is 1.88 bits per heavy atom. The van der Waals surface area contributed by atoms with Crippen molar-refractivity contribution in [2.75, 3.05) is 20.3 Å². The van der Waals surface area contributed by atoms with Crippen molar-refractivity contribution in [3.63, 3.8) is 0 Å². The van der Waals surface area contributed by atoms with Crippen molar-refractivity contribution in [3.8, 4) is 0 Å². The molecule has 1 aliphatic heterocycles. The lowest BCUT2D eigenvalue weighted by Crippen LogP contribution is -2.61. The second-order valence-electron chi connectivity index (χ2n) is 7.13. The summed E-state index contributed by atoms with van der Waals surface area (Å²) in [6.07, 6.45) is 4.55. The topological polar surface area (TPSA) is 66.8 Å². The molecule has 5 nitrogen and oxygen atoms in total. The van der Waals surface area contributed by atoms with Crippen LogP contribution in [0.5, 0.6) is 0 Å². The van der Waals surface area contributed by atoms with E-state index in [0.29, 0.717) is 25.8 Å². The lowest BCUT2D eigenvalue weighted by Gasteiger charge is -2.46. The molecule has 1 aromatic carbocycles. The maximum atomic E-state index is 13.4. The number of likely N-dealkylation sites (tertiary alicyclic amines) is 1. The normalized spacial score (nSPS) is 25.3. The van der Waals surface area contributed by atoms with E-state index in [2.05, 4.69) is 0 Å². The molecule has 130 valence electrons. The van der Waals surface area contributed by atoms with Gasteiger partial charge in [0.1, 0.15) is 0 Å². The van der Waals surface area contributed by atoms with Crippen LogP contribution in [0.3, 0.4) is 0 Å². The highest BCUT2D eigenvalue weighted by atomic mass is 16.5. The Labute approximate surface area is 142 Å². The summed E-state index contributed by atoms with van der Waals surface area (Å²) in [6, 6.07) is 10.0. The lowest BCUT2D eigenvalue weighted by molar-refractivity contribution is -0.167. The molecule has 0 bridgehead atoms. The molecule has 3 rings (SSSR count). The molecule has 1 heterocycles. The first kappa shape index (κ1) is 17.0. The molecule has 2 aliphatic rings. The van der Waals surface area contributed by atoms with E-state index in [9.17, 15) is 14.7 Å². The van der Waals surface area contributed by atoms with Crippen molar-refractivity contribution in [2.24, 2.45) is 5.41 Å². The number of nitrogens with zero attached hydrogens (tertiary/aromatic N) is 1. The molecule has 2 fully saturated rings. The van der Waals surface area contributed by atoms with Crippen LogP contribution in [-0.4, -0.2) is 47.7 Å². The molecule has 5 heteroatoms. The van der Waals surface area contributed by atoms with E-state index in [1.54, 1.807) is 4.90 Å². The highest BCUT2D eigenvalue weighted by Gasteiger charge is 2.56. The molecule has 1 aliphatic carbocycles. The summed E-state index contributed by atoms with van der Waals surface area (Å²) < 4.78 is 5.18. The number of amides is 1. The van der Waals surface area contributed by atoms with E-state index in [0.717, 1.165) is 24.8 Å². The monoisotopic (exact) mass is 331 g/mol. The molecule has 1 atom stereocenters. The summed E-state index contributed by atoms with van der Waals surface area (Å²) >= 11 is 0. The molecule has 1 N–H and O–H groups in total. The highest BCUT2D eigenvalue weighted by Crippen LogP contribution is 2.47. The van der Waals surface area contributed by atoms with Crippen molar-refractivity contribution in [3.05, 3.63) is 35.9 Å². The molecule has 1 saturated carbocycles. The first-order valence-corrected chi connectivity index (χ1v) is 8.62. The van der Waals surface area contributed by atoms with Crippen LogP contribution in [0.15, 0.2) is 30.3 Å². The predicted octanol–water partition coefficient (Wildman–Crippen LogP) is 2.49. The summed E-state index contributed by atoms with van der Waals surface area (Å²) in [5.41, 5.74) is -0.511. The molecule has 24 heavy (non-hydrogen) atoms. The third-order valence-corrected chi connectivity index (χ3v) is 5.66. The zero-order chi connectivity index (χ0) is 17.2. The smallest absolute Gasteiger partial charge is 0.332 e. The molecule has 1 unspecified atom stereocenters. The third kappa shape index (κ3) is 2.71. The quantitative estimate of drug-likeness (QED) is 0.870. The predicted molar refractivity (Wildman–Crippen MR) is 89.6 cm³/mol. The average Bonchev–Trinajstić information content (AvgIpc) is 2.97. The largest absolute Gasteiger partial charge is 0.479 e. The van der Waals surface area contributed by atoms with Crippen LogP contribution < -0.4 is 0 Å². The fraction of sp³-hybridized carbons (Fsp3) is 0.579. The number of carbonyl (C=O) groups is 2. The Morgan fingerprint density at radius 3 is 2.42 bits per heavy atom. The molecule has 1 saturated heterocycles. The summed E-state index contributed by atoms with van der Waals surface area (Å²) in [6.45, 7) is 0.556. The number of carboxylic acid groups (broad SMARTS) is 1. The van der Waals surface area contributed by atoms with Crippen LogP contribution in [0.25, 0.3) is 0 Å². The summed E-state index contributed by atoms with van der Waals surface area (Å²) in [4.78, 5) is 26.9. The van der Waals surface area contributed by atoms with Gasteiger partial charge in [-0.1, -0.05) is 36.8 Å². The second kappa shape index (κ2) is 6.55. The number of methoxy groups -OCH3 is 1. The van der Waals surface area contributed by atoms with Gasteiger partial charge in [0.15, 0.2) is 5.54 Å². The van der Waals surface area contributed by atoms with Gasteiger partial charge in [-0.05, 0) is 37.7 Å². The van der Waals surface area contributed by atoms with Gasteiger partial charge < -0.3 is 14.7 Å². The Bertz CT molecular complexity index is 611. The lowest BCUT2D eigenvalue weighted by atomic mass is 9.64. The number of carboxylic acids is 1. The Morgan fingerprint density at radius 1 is 1.17 bits per heavy atom. The van der Waals surface area contributed by atoms with Gasteiger partial charge in [-0.15, -0.1) is 0 Å². The molecule has 0 radical (unpaired) electrons.